The highest BCUT2D eigenvalue weighted by molar-refractivity contribution is 7.15. The maximum absolute atomic E-state index is 11.9. The Bertz CT molecular complexity index is 1080. The molecule has 6 heteroatoms. The molecule has 0 saturated heterocycles. The molecule has 0 unspecified atom stereocenters. The molecule has 2 aromatic carbocycles. The molecular weight excluding hydrogens is 348 g/mol. The number of fused-ring (bicyclic) bond motifs is 1. The second-order valence-corrected chi connectivity index (χ2v) is 6.50. The normalized spacial score (nSPS) is 10.8. The van der Waals surface area contributed by atoms with Gasteiger partial charge in [-0.05, 0) is 42.0 Å². The topological polar surface area (TPSA) is 52.8 Å². The number of thiazole rings is 1. The van der Waals surface area contributed by atoms with Crippen molar-refractivity contribution in [2.45, 2.75) is 0 Å². The molecule has 0 aliphatic rings. The van der Waals surface area contributed by atoms with E-state index in [1.54, 1.807) is 14.2 Å². The van der Waals surface area contributed by atoms with Gasteiger partial charge in [0, 0.05) is 10.9 Å². The van der Waals surface area contributed by atoms with Crippen LogP contribution >= 0.6 is 11.3 Å². The molecule has 0 amide bonds. The van der Waals surface area contributed by atoms with Gasteiger partial charge >= 0.3 is 0 Å². The molecule has 0 aliphatic carbocycles. The first-order valence-corrected chi connectivity index (χ1v) is 8.87. The van der Waals surface area contributed by atoms with Crippen molar-refractivity contribution in [2.75, 3.05) is 14.2 Å². The average Bonchev–Trinajstić information content (AvgIpc) is 3.27. The Morgan fingerprint density at radius 1 is 1.00 bits per heavy atom. The maximum atomic E-state index is 11.9. The van der Waals surface area contributed by atoms with Gasteiger partial charge in [-0.25, -0.2) is 4.98 Å². The highest BCUT2D eigenvalue weighted by atomic mass is 32.1. The largest absolute Gasteiger partial charge is 0.497 e. The predicted molar refractivity (Wildman–Crippen MR) is 102 cm³/mol. The highest BCUT2D eigenvalue weighted by Crippen LogP contribution is 2.33. The molecule has 0 N–H and O–H groups in total. The van der Waals surface area contributed by atoms with Gasteiger partial charge < -0.3 is 9.47 Å². The average molecular weight is 364 g/mol. The molecule has 0 bridgehead atoms. The quantitative estimate of drug-likeness (QED) is 0.487. The lowest BCUT2D eigenvalue weighted by molar-refractivity contribution is 0.111. The third kappa shape index (κ3) is 2.64. The fourth-order valence-corrected chi connectivity index (χ4v) is 3.84. The number of aromatic nitrogens is 2. The van der Waals surface area contributed by atoms with Crippen molar-refractivity contribution < 1.29 is 14.3 Å². The first-order valence-electron chi connectivity index (χ1n) is 7.99. The monoisotopic (exact) mass is 364 g/mol. The van der Waals surface area contributed by atoms with Crippen LogP contribution in [-0.2, 0) is 0 Å². The van der Waals surface area contributed by atoms with Gasteiger partial charge in [0.1, 0.15) is 22.9 Å². The number of aldehydes is 1. The van der Waals surface area contributed by atoms with Gasteiger partial charge in [-0.2, -0.15) is 0 Å². The minimum absolute atomic E-state index is 0.528. The number of carbonyl (C=O) groups is 1. The van der Waals surface area contributed by atoms with Crippen molar-refractivity contribution >= 4 is 22.6 Å². The summed E-state index contributed by atoms with van der Waals surface area (Å²) < 4.78 is 12.4. The Labute approximate surface area is 154 Å². The summed E-state index contributed by atoms with van der Waals surface area (Å²) in [5.74, 6) is 1.52. The number of methoxy groups -OCH3 is 2. The molecule has 0 atom stereocenters. The summed E-state index contributed by atoms with van der Waals surface area (Å²) in [6, 6.07) is 15.3. The zero-order valence-corrected chi connectivity index (χ0v) is 15.1. The van der Waals surface area contributed by atoms with Crippen LogP contribution < -0.4 is 9.47 Å². The number of hydrogen-bond donors (Lipinski definition) is 0. The van der Waals surface area contributed by atoms with Crippen LogP contribution in [0.2, 0.25) is 0 Å². The number of rotatable bonds is 5. The number of benzene rings is 2. The van der Waals surface area contributed by atoms with E-state index in [4.69, 9.17) is 9.47 Å². The van der Waals surface area contributed by atoms with E-state index in [0.29, 0.717) is 11.4 Å². The fraction of sp³-hybridized carbons (Fsp3) is 0.100. The van der Waals surface area contributed by atoms with E-state index in [0.717, 1.165) is 39.6 Å². The van der Waals surface area contributed by atoms with Crippen LogP contribution in [0.15, 0.2) is 53.9 Å². The van der Waals surface area contributed by atoms with E-state index in [1.165, 1.54) is 11.3 Å². The lowest BCUT2D eigenvalue weighted by Gasteiger charge is -2.05. The first-order chi connectivity index (χ1) is 12.7. The number of carbonyl (C=O) groups excluding carboxylic acids is 1. The van der Waals surface area contributed by atoms with E-state index in [-0.39, 0.29) is 0 Å². The lowest BCUT2D eigenvalue weighted by Crippen LogP contribution is -1.94. The molecule has 2 heterocycles. The summed E-state index contributed by atoms with van der Waals surface area (Å²) in [7, 11) is 3.26. The van der Waals surface area contributed by atoms with E-state index < -0.39 is 0 Å². The molecule has 4 aromatic rings. The van der Waals surface area contributed by atoms with Gasteiger partial charge in [0.2, 0.25) is 0 Å². The first kappa shape index (κ1) is 16.4. The van der Waals surface area contributed by atoms with Crippen molar-refractivity contribution in [3.63, 3.8) is 0 Å². The van der Waals surface area contributed by atoms with Crippen molar-refractivity contribution in [2.24, 2.45) is 0 Å². The summed E-state index contributed by atoms with van der Waals surface area (Å²) in [6.45, 7) is 0. The van der Waals surface area contributed by atoms with Crippen LogP contribution in [0.1, 0.15) is 10.5 Å². The molecule has 2 aromatic heterocycles. The molecular formula is C20H16N2O3S. The Hall–Kier alpha value is -3.12. The second-order valence-electron chi connectivity index (χ2n) is 5.66. The van der Waals surface area contributed by atoms with Crippen molar-refractivity contribution in [1.82, 2.24) is 9.38 Å². The summed E-state index contributed by atoms with van der Waals surface area (Å²) in [5, 5.41) is 2.01. The third-order valence-electron chi connectivity index (χ3n) is 4.24. The highest BCUT2D eigenvalue weighted by Gasteiger charge is 2.18. The van der Waals surface area contributed by atoms with Crippen LogP contribution in [0.4, 0.5) is 0 Å². The smallest absolute Gasteiger partial charge is 0.195 e. The van der Waals surface area contributed by atoms with Gasteiger partial charge in [0.25, 0.3) is 0 Å². The van der Waals surface area contributed by atoms with Crippen LogP contribution in [0.3, 0.4) is 0 Å². The Kier molecular flexibility index (Phi) is 4.18. The van der Waals surface area contributed by atoms with Gasteiger partial charge in [0.15, 0.2) is 11.2 Å². The van der Waals surface area contributed by atoms with E-state index >= 15 is 0 Å². The number of nitrogens with zero attached hydrogens (tertiary/aromatic N) is 2. The van der Waals surface area contributed by atoms with Gasteiger partial charge in [-0.15, -0.1) is 11.3 Å². The molecule has 4 rings (SSSR count). The minimum Gasteiger partial charge on any atom is -0.497 e. The van der Waals surface area contributed by atoms with Gasteiger partial charge in [0.05, 0.1) is 19.9 Å². The summed E-state index contributed by atoms with van der Waals surface area (Å²) in [6.07, 6.45) is 0.856. The Morgan fingerprint density at radius 2 is 1.77 bits per heavy atom. The Balaban J connectivity index is 1.89. The number of hydrogen-bond acceptors (Lipinski definition) is 5. The molecule has 0 aliphatic heterocycles. The van der Waals surface area contributed by atoms with Crippen LogP contribution in [-0.4, -0.2) is 29.9 Å². The summed E-state index contributed by atoms with van der Waals surface area (Å²) in [5.41, 5.74) is 3.95. The zero-order valence-electron chi connectivity index (χ0n) is 14.3. The van der Waals surface area contributed by atoms with Crippen molar-refractivity contribution in [1.29, 1.82) is 0 Å². The Morgan fingerprint density at radius 3 is 2.46 bits per heavy atom. The van der Waals surface area contributed by atoms with Crippen LogP contribution in [0.25, 0.3) is 27.5 Å². The van der Waals surface area contributed by atoms with Gasteiger partial charge in [-0.3, -0.25) is 9.20 Å². The van der Waals surface area contributed by atoms with Crippen LogP contribution in [0.5, 0.6) is 11.5 Å². The maximum Gasteiger partial charge on any atom is 0.195 e. The molecule has 26 heavy (non-hydrogen) atoms. The molecule has 0 spiro atoms. The molecule has 0 radical (unpaired) electrons. The minimum atomic E-state index is 0.528. The number of imidazole rings is 1. The molecule has 5 nitrogen and oxygen atoms in total. The molecule has 130 valence electrons. The zero-order chi connectivity index (χ0) is 18.1. The lowest BCUT2D eigenvalue weighted by atomic mass is 10.1. The standard InChI is InChI=1S/C20H16N2O3S/c1-24-15-8-6-13(7-9-15)18-12-26-20-21-19(17(11-23)22(18)20)14-4-3-5-16(10-14)25-2/h3-12H,1-2H3. The van der Waals surface area contributed by atoms with Gasteiger partial charge in [-0.1, -0.05) is 12.1 Å². The van der Waals surface area contributed by atoms with Crippen molar-refractivity contribution in [3.8, 4) is 34.0 Å². The second kappa shape index (κ2) is 6.65. The third-order valence-corrected chi connectivity index (χ3v) is 5.07. The number of ether oxygens (including phenoxy) is 2. The van der Waals surface area contributed by atoms with Crippen LogP contribution in [0, 0.1) is 0 Å². The summed E-state index contributed by atoms with van der Waals surface area (Å²) >= 11 is 1.50. The predicted octanol–water partition coefficient (Wildman–Crippen LogP) is 4.56. The van der Waals surface area contributed by atoms with Crippen molar-refractivity contribution in [3.05, 3.63) is 59.6 Å². The van der Waals surface area contributed by atoms with E-state index in [9.17, 15) is 4.79 Å². The molecule has 0 saturated carbocycles. The SMILES string of the molecule is COc1ccc(-c2csc3nc(-c4cccc(OC)c4)c(C=O)n23)cc1. The van der Waals surface area contributed by atoms with E-state index in [1.807, 2.05) is 58.3 Å². The summed E-state index contributed by atoms with van der Waals surface area (Å²) in [4.78, 5) is 17.4. The van der Waals surface area contributed by atoms with E-state index in [2.05, 4.69) is 4.98 Å². The molecule has 0 fully saturated rings. The fourth-order valence-electron chi connectivity index (χ4n) is 2.94.